The summed E-state index contributed by atoms with van der Waals surface area (Å²) in [6.07, 6.45) is 5.68. The van der Waals surface area contributed by atoms with Gasteiger partial charge in [-0.05, 0) is 65.8 Å². The highest BCUT2D eigenvalue weighted by Gasteiger charge is 2.31. The van der Waals surface area contributed by atoms with Crippen LogP contribution in [0.4, 0.5) is 0 Å². The van der Waals surface area contributed by atoms with Crippen LogP contribution in [0.3, 0.4) is 0 Å². The Bertz CT molecular complexity index is 1590. The van der Waals surface area contributed by atoms with Crippen molar-refractivity contribution in [3.05, 3.63) is 132 Å². The van der Waals surface area contributed by atoms with Crippen molar-refractivity contribution in [1.82, 2.24) is 19.5 Å². The number of hydrogen-bond donors (Lipinski definition) is 1. The number of nitrogens with one attached hydrogen (secondary N) is 1. The van der Waals surface area contributed by atoms with Crippen molar-refractivity contribution in [3.63, 3.8) is 0 Å². The van der Waals surface area contributed by atoms with Crippen LogP contribution in [-0.2, 0) is 39.1 Å². The maximum absolute atomic E-state index is 13.9. The summed E-state index contributed by atoms with van der Waals surface area (Å²) in [6.45, 7) is 1.67. The second-order valence-electron chi connectivity index (χ2n) is 10.6. The molecule has 8 nitrogen and oxygen atoms in total. The Morgan fingerprint density at radius 3 is 2.07 bits per heavy atom. The summed E-state index contributed by atoms with van der Waals surface area (Å²) in [7, 11) is -3.50. The van der Waals surface area contributed by atoms with Crippen LogP contribution in [0.15, 0.2) is 114 Å². The first-order valence-corrected chi connectivity index (χ1v) is 16.0. The molecule has 2 amide bonds. The third-order valence-corrected chi connectivity index (χ3v) is 9.57. The van der Waals surface area contributed by atoms with E-state index in [1.807, 2.05) is 72.8 Å². The standard InChI is InChI=1S/C34H36N4O4S/c39-32(18-15-27-13-16-31(17-14-27)43(41,42)37-23-7-8-24-37)38(26-29-9-3-1-4-10-29)33(30-11-5-2-6-12-30)34(40)36-25-28-19-21-35-22-20-28/h1-6,9-14,16-17,19-22,33H,7-8,15,18,23-26H2,(H,36,40)/t33-/m1/s1. The number of aromatic nitrogens is 1. The van der Waals surface area contributed by atoms with Gasteiger partial charge in [-0.2, -0.15) is 4.31 Å². The molecule has 0 spiro atoms. The predicted molar refractivity (Wildman–Crippen MR) is 165 cm³/mol. The van der Waals surface area contributed by atoms with E-state index in [4.69, 9.17) is 0 Å². The van der Waals surface area contributed by atoms with E-state index in [1.165, 1.54) is 4.31 Å². The highest BCUT2D eigenvalue weighted by molar-refractivity contribution is 7.89. The van der Waals surface area contributed by atoms with Crippen molar-refractivity contribution in [1.29, 1.82) is 0 Å². The minimum absolute atomic E-state index is 0.159. The van der Waals surface area contributed by atoms with Crippen molar-refractivity contribution in [2.24, 2.45) is 0 Å². The molecule has 9 heteroatoms. The molecule has 1 fully saturated rings. The van der Waals surface area contributed by atoms with Gasteiger partial charge in [-0.25, -0.2) is 8.42 Å². The van der Waals surface area contributed by atoms with Crippen LogP contribution in [0.25, 0.3) is 0 Å². The lowest BCUT2D eigenvalue weighted by Gasteiger charge is -2.32. The Hall–Kier alpha value is -4.34. The van der Waals surface area contributed by atoms with Crippen molar-refractivity contribution < 1.29 is 18.0 Å². The smallest absolute Gasteiger partial charge is 0.247 e. The van der Waals surface area contributed by atoms with Gasteiger partial charge in [0.05, 0.1) is 4.90 Å². The topological polar surface area (TPSA) is 99.7 Å². The summed E-state index contributed by atoms with van der Waals surface area (Å²) in [5.74, 6) is -0.450. The molecule has 1 saturated heterocycles. The summed E-state index contributed by atoms with van der Waals surface area (Å²) in [4.78, 5) is 33.7. The number of amides is 2. The van der Waals surface area contributed by atoms with E-state index in [2.05, 4.69) is 10.3 Å². The fourth-order valence-corrected chi connectivity index (χ4v) is 6.82. The number of nitrogens with zero attached hydrogens (tertiary/aromatic N) is 3. The van der Waals surface area contributed by atoms with E-state index in [0.29, 0.717) is 26.1 Å². The zero-order valence-corrected chi connectivity index (χ0v) is 24.8. The van der Waals surface area contributed by atoms with Crippen molar-refractivity contribution in [3.8, 4) is 0 Å². The van der Waals surface area contributed by atoms with Crippen molar-refractivity contribution in [2.75, 3.05) is 13.1 Å². The number of pyridine rings is 1. The molecule has 43 heavy (non-hydrogen) atoms. The van der Waals surface area contributed by atoms with Crippen LogP contribution in [0.5, 0.6) is 0 Å². The van der Waals surface area contributed by atoms with Crippen LogP contribution < -0.4 is 5.32 Å². The Morgan fingerprint density at radius 2 is 1.42 bits per heavy atom. The number of hydrogen-bond acceptors (Lipinski definition) is 5. The molecule has 1 aromatic heterocycles. The summed E-state index contributed by atoms with van der Waals surface area (Å²) < 4.78 is 27.4. The molecule has 0 saturated carbocycles. The lowest BCUT2D eigenvalue weighted by Crippen LogP contribution is -2.43. The number of benzene rings is 3. The molecule has 0 bridgehead atoms. The first kappa shape index (κ1) is 30.1. The molecule has 1 aliphatic heterocycles. The molecular weight excluding hydrogens is 560 g/mol. The summed E-state index contributed by atoms with van der Waals surface area (Å²) >= 11 is 0. The Kier molecular flexibility index (Phi) is 9.96. The molecule has 1 atom stereocenters. The maximum atomic E-state index is 13.9. The fraction of sp³-hybridized carbons (Fsp3) is 0.265. The van der Waals surface area contributed by atoms with E-state index in [0.717, 1.165) is 35.1 Å². The van der Waals surface area contributed by atoms with Gasteiger partial charge < -0.3 is 10.2 Å². The largest absolute Gasteiger partial charge is 0.350 e. The molecule has 1 aliphatic rings. The van der Waals surface area contributed by atoms with Crippen LogP contribution in [0.1, 0.15) is 47.6 Å². The fourth-order valence-electron chi connectivity index (χ4n) is 5.30. The van der Waals surface area contributed by atoms with Crippen LogP contribution >= 0.6 is 0 Å². The van der Waals surface area contributed by atoms with Crippen LogP contribution in [0.2, 0.25) is 0 Å². The SMILES string of the molecule is O=C(NCc1ccncc1)[C@@H](c1ccccc1)N(Cc1ccccc1)C(=O)CCc1ccc(S(=O)(=O)N2CCCC2)cc1. The number of sulfonamides is 1. The van der Waals surface area contributed by atoms with Gasteiger partial charge >= 0.3 is 0 Å². The molecule has 222 valence electrons. The highest BCUT2D eigenvalue weighted by atomic mass is 32.2. The molecule has 3 aromatic carbocycles. The quantitative estimate of drug-likeness (QED) is 0.251. The summed E-state index contributed by atoms with van der Waals surface area (Å²) in [5.41, 5.74) is 3.39. The molecular formula is C34H36N4O4S. The normalized spacial score (nSPS) is 14.2. The van der Waals surface area contributed by atoms with Crippen LogP contribution in [0, 0.1) is 0 Å². The van der Waals surface area contributed by atoms with Gasteiger partial charge in [0.1, 0.15) is 6.04 Å². The molecule has 0 aliphatic carbocycles. The second kappa shape index (κ2) is 14.2. The maximum Gasteiger partial charge on any atom is 0.247 e. The lowest BCUT2D eigenvalue weighted by molar-refractivity contribution is -0.141. The molecule has 2 heterocycles. The van der Waals surface area contributed by atoms with Gasteiger partial charge in [-0.3, -0.25) is 14.6 Å². The Morgan fingerprint density at radius 1 is 0.791 bits per heavy atom. The average Bonchev–Trinajstić information content (AvgIpc) is 3.61. The zero-order valence-electron chi connectivity index (χ0n) is 24.0. The molecule has 1 N–H and O–H groups in total. The van der Waals surface area contributed by atoms with Gasteiger partial charge in [0, 0.05) is 45.0 Å². The van der Waals surface area contributed by atoms with E-state index < -0.39 is 16.1 Å². The zero-order chi connectivity index (χ0) is 30.1. The second-order valence-corrected chi connectivity index (χ2v) is 12.6. The number of carbonyl (C=O) groups is 2. The monoisotopic (exact) mass is 596 g/mol. The minimum atomic E-state index is -3.50. The summed E-state index contributed by atoms with van der Waals surface area (Å²) in [6, 6.07) is 28.6. The van der Waals surface area contributed by atoms with Crippen LogP contribution in [-0.4, -0.2) is 47.5 Å². The van der Waals surface area contributed by atoms with Gasteiger partial charge in [0.2, 0.25) is 21.8 Å². The van der Waals surface area contributed by atoms with E-state index in [1.54, 1.807) is 41.6 Å². The molecule has 5 rings (SSSR count). The van der Waals surface area contributed by atoms with Gasteiger partial charge in [-0.15, -0.1) is 0 Å². The lowest BCUT2D eigenvalue weighted by atomic mass is 10.0. The first-order valence-electron chi connectivity index (χ1n) is 14.6. The molecule has 0 unspecified atom stereocenters. The Labute approximate surface area is 253 Å². The van der Waals surface area contributed by atoms with Gasteiger partial charge in [-0.1, -0.05) is 72.8 Å². The number of carbonyl (C=O) groups excluding carboxylic acids is 2. The van der Waals surface area contributed by atoms with E-state index in [9.17, 15) is 18.0 Å². The number of rotatable bonds is 12. The first-order chi connectivity index (χ1) is 20.9. The van der Waals surface area contributed by atoms with Crippen molar-refractivity contribution >= 4 is 21.8 Å². The summed E-state index contributed by atoms with van der Waals surface area (Å²) in [5, 5.41) is 3.01. The third kappa shape index (κ3) is 7.74. The van der Waals surface area contributed by atoms with E-state index >= 15 is 0 Å². The van der Waals surface area contributed by atoms with Gasteiger partial charge in [0.15, 0.2) is 0 Å². The van der Waals surface area contributed by atoms with Gasteiger partial charge in [0.25, 0.3) is 0 Å². The van der Waals surface area contributed by atoms with E-state index in [-0.39, 0.29) is 29.7 Å². The molecule has 4 aromatic rings. The highest BCUT2D eigenvalue weighted by Crippen LogP contribution is 2.26. The number of aryl methyl sites for hydroxylation is 1. The average molecular weight is 597 g/mol. The molecule has 0 radical (unpaired) electrons. The van der Waals surface area contributed by atoms with Crippen molar-refractivity contribution in [2.45, 2.75) is 49.7 Å². The Balaban J connectivity index is 1.36. The predicted octanol–water partition coefficient (Wildman–Crippen LogP) is 4.89. The minimum Gasteiger partial charge on any atom is -0.350 e. The third-order valence-electron chi connectivity index (χ3n) is 7.66.